The minimum absolute atomic E-state index is 0.118. The van der Waals surface area contributed by atoms with Gasteiger partial charge < -0.3 is 9.52 Å². The lowest BCUT2D eigenvalue weighted by Crippen LogP contribution is -2.00. The summed E-state index contributed by atoms with van der Waals surface area (Å²) in [6, 6.07) is 9.25. The number of para-hydroxylation sites is 2. The van der Waals surface area contributed by atoms with E-state index in [1.807, 2.05) is 24.3 Å². The molecule has 22 heavy (non-hydrogen) atoms. The number of fused-ring (bicyclic) bond motifs is 2. The highest BCUT2D eigenvalue weighted by Crippen LogP contribution is 2.23. The minimum atomic E-state index is -1.02. The number of aromatic carboxylic acids is 1. The summed E-state index contributed by atoms with van der Waals surface area (Å²) in [5.74, 6) is -1.02. The Bertz CT molecular complexity index is 999. The summed E-state index contributed by atoms with van der Waals surface area (Å²) in [6.07, 6.45) is 1.30. The predicted molar refractivity (Wildman–Crippen MR) is 78.1 cm³/mol. The van der Waals surface area contributed by atoms with Gasteiger partial charge in [-0.3, -0.25) is 0 Å². The van der Waals surface area contributed by atoms with E-state index in [0.717, 1.165) is 5.52 Å². The van der Waals surface area contributed by atoms with Gasteiger partial charge in [0.25, 0.3) is 0 Å². The zero-order chi connectivity index (χ0) is 15.3. The zero-order valence-electron chi connectivity index (χ0n) is 11.5. The molecule has 1 N–H and O–H groups in total. The van der Waals surface area contributed by atoms with Gasteiger partial charge >= 0.3 is 12.0 Å². The van der Waals surface area contributed by atoms with Crippen LogP contribution in [0.1, 0.15) is 16.1 Å². The number of pyridine rings is 1. The van der Waals surface area contributed by atoms with Gasteiger partial charge in [-0.15, -0.1) is 0 Å². The van der Waals surface area contributed by atoms with E-state index >= 15 is 0 Å². The molecule has 4 rings (SSSR count). The van der Waals surface area contributed by atoms with Crippen LogP contribution in [0, 0.1) is 6.92 Å². The highest BCUT2D eigenvalue weighted by atomic mass is 16.4. The summed E-state index contributed by atoms with van der Waals surface area (Å²) >= 11 is 0. The third-order valence-electron chi connectivity index (χ3n) is 3.42. The molecule has 0 fully saturated rings. The number of nitrogens with zero attached hydrogens (tertiary/aromatic N) is 4. The first kappa shape index (κ1) is 12.5. The molecule has 0 aliphatic heterocycles. The lowest BCUT2D eigenvalue weighted by Gasteiger charge is -1.97. The molecule has 0 bridgehead atoms. The normalized spacial score (nSPS) is 11.3. The van der Waals surface area contributed by atoms with Gasteiger partial charge in [0.15, 0.2) is 11.2 Å². The topological polar surface area (TPSA) is 94.0 Å². The second kappa shape index (κ2) is 4.39. The molecule has 0 aliphatic carbocycles. The van der Waals surface area contributed by atoms with Crippen LogP contribution in [0.2, 0.25) is 0 Å². The van der Waals surface area contributed by atoms with Gasteiger partial charge in [-0.05, 0) is 25.1 Å². The molecule has 0 atom stereocenters. The fraction of sp³-hybridized carbons (Fsp3) is 0.0667. The molecule has 0 radical (unpaired) electrons. The van der Waals surface area contributed by atoms with Gasteiger partial charge in [-0.25, -0.2) is 9.78 Å². The van der Waals surface area contributed by atoms with Crippen LogP contribution in [0.4, 0.5) is 0 Å². The van der Waals surface area contributed by atoms with Crippen LogP contribution >= 0.6 is 0 Å². The number of carboxylic acids is 1. The van der Waals surface area contributed by atoms with Crippen LogP contribution in [-0.4, -0.2) is 30.8 Å². The third-order valence-corrected chi connectivity index (χ3v) is 3.42. The largest absolute Gasteiger partial charge is 0.478 e. The van der Waals surface area contributed by atoms with Crippen molar-refractivity contribution in [1.29, 1.82) is 0 Å². The molecule has 0 unspecified atom stereocenters. The molecule has 0 aliphatic rings. The number of benzene rings is 1. The van der Waals surface area contributed by atoms with E-state index in [2.05, 4.69) is 15.1 Å². The number of rotatable bonds is 2. The number of aromatic nitrogens is 4. The SMILES string of the molecule is Cc1nn(-c2nc3ccccc3o2)c2ncc(C(=O)O)cc12. The van der Waals surface area contributed by atoms with Crippen molar-refractivity contribution < 1.29 is 14.3 Å². The van der Waals surface area contributed by atoms with Crippen molar-refractivity contribution in [3.05, 3.63) is 47.8 Å². The Balaban J connectivity index is 1.96. The first-order valence-corrected chi connectivity index (χ1v) is 6.58. The first-order chi connectivity index (χ1) is 10.6. The molecule has 4 aromatic rings. The van der Waals surface area contributed by atoms with Gasteiger partial charge in [0.1, 0.15) is 5.52 Å². The Hall–Kier alpha value is -3.22. The number of hydrogen-bond acceptors (Lipinski definition) is 5. The first-order valence-electron chi connectivity index (χ1n) is 6.58. The molecule has 0 saturated carbocycles. The molecule has 0 amide bonds. The number of oxazole rings is 1. The van der Waals surface area contributed by atoms with Crippen LogP contribution in [0.5, 0.6) is 0 Å². The molecule has 1 aromatic carbocycles. The standard InChI is InChI=1S/C15H10N4O3/c1-8-10-6-9(14(20)21)7-16-13(10)19(18-8)15-17-11-4-2-3-5-12(11)22-15/h2-7H,1H3,(H,20,21). The Labute approximate surface area is 123 Å². The average Bonchev–Trinajstić information content (AvgIpc) is 3.08. The molecule has 7 nitrogen and oxygen atoms in total. The van der Waals surface area contributed by atoms with Crippen molar-refractivity contribution in [2.24, 2.45) is 0 Å². The molecule has 3 heterocycles. The molecular weight excluding hydrogens is 284 g/mol. The number of hydrogen-bond donors (Lipinski definition) is 1. The van der Waals surface area contributed by atoms with E-state index in [0.29, 0.717) is 28.3 Å². The highest BCUT2D eigenvalue weighted by molar-refractivity contribution is 5.92. The Kier molecular flexibility index (Phi) is 2.50. The van der Waals surface area contributed by atoms with Gasteiger partial charge in [-0.2, -0.15) is 14.8 Å². The van der Waals surface area contributed by atoms with Gasteiger partial charge in [0, 0.05) is 11.6 Å². The molecule has 108 valence electrons. The van der Waals surface area contributed by atoms with Crippen molar-refractivity contribution >= 4 is 28.1 Å². The van der Waals surface area contributed by atoms with Crippen LogP contribution in [-0.2, 0) is 0 Å². The van der Waals surface area contributed by atoms with Crippen molar-refractivity contribution in [3.8, 4) is 6.01 Å². The van der Waals surface area contributed by atoms with Crippen molar-refractivity contribution in [3.63, 3.8) is 0 Å². The molecule has 0 saturated heterocycles. The second-order valence-corrected chi connectivity index (χ2v) is 4.86. The maximum atomic E-state index is 11.1. The summed E-state index contributed by atoms with van der Waals surface area (Å²) < 4.78 is 7.17. The smallest absolute Gasteiger partial charge is 0.337 e. The summed E-state index contributed by atoms with van der Waals surface area (Å²) in [5.41, 5.74) is 2.66. The monoisotopic (exact) mass is 294 g/mol. The lowest BCUT2D eigenvalue weighted by atomic mass is 10.2. The number of carbonyl (C=O) groups is 1. The summed E-state index contributed by atoms with van der Waals surface area (Å²) in [4.78, 5) is 19.6. The Morgan fingerprint density at radius 1 is 1.32 bits per heavy atom. The molecule has 3 aromatic heterocycles. The van der Waals surface area contributed by atoms with Crippen LogP contribution in [0.15, 0.2) is 40.9 Å². The van der Waals surface area contributed by atoms with E-state index < -0.39 is 5.97 Å². The number of carboxylic acid groups (broad SMARTS) is 1. The van der Waals surface area contributed by atoms with E-state index in [4.69, 9.17) is 9.52 Å². The number of aryl methyl sites for hydroxylation is 1. The maximum absolute atomic E-state index is 11.1. The fourth-order valence-electron chi connectivity index (χ4n) is 2.34. The summed E-state index contributed by atoms with van der Waals surface area (Å²) in [7, 11) is 0. The quantitative estimate of drug-likeness (QED) is 0.610. The lowest BCUT2D eigenvalue weighted by molar-refractivity contribution is 0.0696. The highest BCUT2D eigenvalue weighted by Gasteiger charge is 2.17. The van der Waals surface area contributed by atoms with E-state index in [-0.39, 0.29) is 5.56 Å². The fourth-order valence-corrected chi connectivity index (χ4v) is 2.34. The Morgan fingerprint density at radius 2 is 2.14 bits per heavy atom. The predicted octanol–water partition coefficient (Wildman–Crippen LogP) is 2.57. The summed E-state index contributed by atoms with van der Waals surface area (Å²) in [6.45, 7) is 1.79. The zero-order valence-corrected chi connectivity index (χ0v) is 11.5. The molecular formula is C15H10N4O3. The average molecular weight is 294 g/mol. The van der Waals surface area contributed by atoms with Gasteiger partial charge in [-0.1, -0.05) is 12.1 Å². The second-order valence-electron chi connectivity index (χ2n) is 4.86. The van der Waals surface area contributed by atoms with Crippen molar-refractivity contribution in [2.75, 3.05) is 0 Å². The van der Waals surface area contributed by atoms with E-state index in [1.54, 1.807) is 13.0 Å². The third kappa shape index (κ3) is 1.76. The van der Waals surface area contributed by atoms with Crippen LogP contribution < -0.4 is 0 Å². The molecule has 0 spiro atoms. The summed E-state index contributed by atoms with van der Waals surface area (Å²) in [5, 5.41) is 14.1. The van der Waals surface area contributed by atoms with Crippen molar-refractivity contribution in [2.45, 2.75) is 6.92 Å². The Morgan fingerprint density at radius 3 is 2.91 bits per heavy atom. The van der Waals surface area contributed by atoms with E-state index in [9.17, 15) is 4.79 Å². The minimum Gasteiger partial charge on any atom is -0.478 e. The van der Waals surface area contributed by atoms with Crippen molar-refractivity contribution in [1.82, 2.24) is 19.7 Å². The maximum Gasteiger partial charge on any atom is 0.337 e. The van der Waals surface area contributed by atoms with Gasteiger partial charge in [0.05, 0.1) is 11.3 Å². The van der Waals surface area contributed by atoms with E-state index in [1.165, 1.54) is 10.9 Å². The van der Waals surface area contributed by atoms with Crippen LogP contribution in [0.25, 0.3) is 28.1 Å². The van der Waals surface area contributed by atoms with Crippen LogP contribution in [0.3, 0.4) is 0 Å². The molecule has 7 heteroatoms. The van der Waals surface area contributed by atoms with Gasteiger partial charge in [0.2, 0.25) is 0 Å².